The molecule has 14 heavy (non-hydrogen) atoms. The number of nitrogens with zero attached hydrogens (tertiary/aromatic N) is 1. The van der Waals surface area contributed by atoms with Crippen molar-refractivity contribution in [1.82, 2.24) is 4.90 Å². The van der Waals surface area contributed by atoms with Gasteiger partial charge in [-0.3, -0.25) is 9.59 Å². The van der Waals surface area contributed by atoms with Crippen molar-refractivity contribution in [2.24, 2.45) is 5.92 Å². The second-order valence-electron chi connectivity index (χ2n) is 3.52. The molecule has 5 nitrogen and oxygen atoms in total. The van der Waals surface area contributed by atoms with Gasteiger partial charge in [0.1, 0.15) is 6.61 Å². The van der Waals surface area contributed by atoms with Gasteiger partial charge in [0.25, 0.3) is 0 Å². The first-order valence-corrected chi connectivity index (χ1v) is 4.79. The minimum Gasteiger partial charge on any atom is -0.465 e. The summed E-state index contributed by atoms with van der Waals surface area (Å²) in [6, 6.07) is 0. The highest BCUT2D eigenvalue weighted by Crippen LogP contribution is 2.17. The molecule has 2 rings (SSSR count). The number of cyclic esters (lactones) is 1. The van der Waals surface area contributed by atoms with Crippen LogP contribution in [-0.4, -0.2) is 49.7 Å². The Morgan fingerprint density at radius 3 is 2.64 bits per heavy atom. The summed E-state index contributed by atoms with van der Waals surface area (Å²) in [5.74, 6) is -0.503. The Bertz CT molecular complexity index is 247. The summed E-state index contributed by atoms with van der Waals surface area (Å²) < 4.78 is 9.90. The molecule has 1 atom stereocenters. The Hall–Kier alpha value is -1.10. The lowest BCUT2D eigenvalue weighted by atomic mass is 10.1. The smallest absolute Gasteiger partial charge is 0.306 e. The van der Waals surface area contributed by atoms with Crippen LogP contribution >= 0.6 is 0 Å². The molecular weight excluding hydrogens is 186 g/mol. The number of hydrogen-bond donors (Lipinski definition) is 0. The normalized spacial score (nSPS) is 27.6. The van der Waals surface area contributed by atoms with Crippen molar-refractivity contribution < 1.29 is 19.1 Å². The summed E-state index contributed by atoms with van der Waals surface area (Å²) in [4.78, 5) is 24.4. The first-order valence-electron chi connectivity index (χ1n) is 4.79. The van der Waals surface area contributed by atoms with Gasteiger partial charge in [0, 0.05) is 13.1 Å². The number of morpholine rings is 1. The lowest BCUT2D eigenvalue weighted by Gasteiger charge is -2.28. The molecule has 2 aliphatic heterocycles. The number of esters is 1. The Labute approximate surface area is 82.0 Å². The largest absolute Gasteiger partial charge is 0.465 e. The maximum Gasteiger partial charge on any atom is 0.306 e. The third-order valence-corrected chi connectivity index (χ3v) is 2.53. The van der Waals surface area contributed by atoms with Crippen LogP contribution in [0, 0.1) is 5.92 Å². The van der Waals surface area contributed by atoms with E-state index in [1.54, 1.807) is 4.90 Å². The second kappa shape index (κ2) is 3.96. The molecule has 0 aromatic carbocycles. The molecule has 1 amide bonds. The highest BCUT2D eigenvalue weighted by atomic mass is 16.5. The maximum atomic E-state index is 11.8. The molecule has 2 saturated heterocycles. The summed E-state index contributed by atoms with van der Waals surface area (Å²) >= 11 is 0. The predicted molar refractivity (Wildman–Crippen MR) is 46.5 cm³/mol. The van der Waals surface area contributed by atoms with Crippen molar-refractivity contribution in [3.8, 4) is 0 Å². The molecule has 0 radical (unpaired) electrons. The molecule has 0 spiro atoms. The fourth-order valence-electron chi connectivity index (χ4n) is 1.71. The van der Waals surface area contributed by atoms with Crippen molar-refractivity contribution in [2.75, 3.05) is 32.9 Å². The fraction of sp³-hybridized carbons (Fsp3) is 0.778. The third kappa shape index (κ3) is 1.87. The quantitative estimate of drug-likeness (QED) is 0.529. The summed E-state index contributed by atoms with van der Waals surface area (Å²) in [7, 11) is 0. The molecule has 0 N–H and O–H groups in total. The van der Waals surface area contributed by atoms with E-state index in [1.807, 2.05) is 0 Å². The van der Waals surface area contributed by atoms with E-state index in [4.69, 9.17) is 9.47 Å². The van der Waals surface area contributed by atoms with Crippen molar-refractivity contribution in [3.05, 3.63) is 0 Å². The van der Waals surface area contributed by atoms with E-state index in [0.717, 1.165) is 0 Å². The van der Waals surface area contributed by atoms with Crippen molar-refractivity contribution in [3.63, 3.8) is 0 Å². The van der Waals surface area contributed by atoms with Gasteiger partial charge in [-0.1, -0.05) is 0 Å². The van der Waals surface area contributed by atoms with E-state index in [2.05, 4.69) is 0 Å². The van der Waals surface area contributed by atoms with Gasteiger partial charge in [0.15, 0.2) is 0 Å². The number of carbonyl (C=O) groups is 2. The van der Waals surface area contributed by atoms with Crippen LogP contribution in [0.3, 0.4) is 0 Å². The summed E-state index contributed by atoms with van der Waals surface area (Å²) in [6.07, 6.45) is 0.232. The van der Waals surface area contributed by atoms with Gasteiger partial charge in [-0.25, -0.2) is 0 Å². The average Bonchev–Trinajstić information content (AvgIpc) is 2.65. The highest BCUT2D eigenvalue weighted by Gasteiger charge is 2.33. The van der Waals surface area contributed by atoms with Crippen LogP contribution in [0.2, 0.25) is 0 Å². The topological polar surface area (TPSA) is 55.8 Å². The van der Waals surface area contributed by atoms with Crippen LogP contribution in [-0.2, 0) is 19.1 Å². The molecule has 2 fully saturated rings. The first-order chi connectivity index (χ1) is 6.77. The average molecular weight is 199 g/mol. The zero-order chi connectivity index (χ0) is 9.97. The van der Waals surface area contributed by atoms with Gasteiger partial charge in [0.2, 0.25) is 5.91 Å². The minimum absolute atomic E-state index is 0.0270. The number of amides is 1. The molecule has 0 aromatic heterocycles. The molecule has 0 bridgehead atoms. The van der Waals surface area contributed by atoms with Crippen LogP contribution in [0.5, 0.6) is 0 Å². The van der Waals surface area contributed by atoms with Crippen LogP contribution in [0.1, 0.15) is 6.42 Å². The number of carbonyl (C=O) groups excluding carboxylic acids is 2. The highest BCUT2D eigenvalue weighted by molar-refractivity contribution is 5.86. The second-order valence-corrected chi connectivity index (χ2v) is 3.52. The standard InChI is InChI=1S/C9H13NO4/c11-8-5-7(6-14-8)9(12)10-1-3-13-4-2-10/h7H,1-6H2/t7-/m0/s1. The molecule has 0 aliphatic carbocycles. The van der Waals surface area contributed by atoms with Gasteiger partial charge < -0.3 is 14.4 Å². The van der Waals surface area contributed by atoms with E-state index >= 15 is 0 Å². The molecular formula is C9H13NO4. The van der Waals surface area contributed by atoms with E-state index in [9.17, 15) is 9.59 Å². The van der Waals surface area contributed by atoms with Crippen LogP contribution in [0.15, 0.2) is 0 Å². The van der Waals surface area contributed by atoms with Gasteiger partial charge in [0.05, 0.1) is 25.6 Å². The lowest BCUT2D eigenvalue weighted by Crippen LogP contribution is -2.43. The van der Waals surface area contributed by atoms with Crippen molar-refractivity contribution in [2.45, 2.75) is 6.42 Å². The first kappa shape index (κ1) is 9.45. The maximum absolute atomic E-state index is 11.8. The van der Waals surface area contributed by atoms with Gasteiger partial charge in [-0.05, 0) is 0 Å². The fourth-order valence-corrected chi connectivity index (χ4v) is 1.71. The number of ether oxygens (including phenoxy) is 2. The Morgan fingerprint density at radius 2 is 2.07 bits per heavy atom. The predicted octanol–water partition coefficient (Wildman–Crippen LogP) is -0.592. The van der Waals surface area contributed by atoms with Crippen LogP contribution < -0.4 is 0 Å². The SMILES string of the molecule is O=C1C[C@H](C(=O)N2CCOCC2)CO1. The zero-order valence-electron chi connectivity index (χ0n) is 7.90. The molecule has 2 heterocycles. The molecule has 78 valence electrons. The molecule has 0 saturated carbocycles. The van der Waals surface area contributed by atoms with Gasteiger partial charge in [-0.2, -0.15) is 0 Å². The molecule has 2 aliphatic rings. The molecule has 0 aromatic rings. The molecule has 5 heteroatoms. The Morgan fingerprint density at radius 1 is 1.36 bits per heavy atom. The van der Waals surface area contributed by atoms with Gasteiger partial charge >= 0.3 is 5.97 Å². The minimum atomic E-state index is -0.267. The van der Waals surface area contributed by atoms with Crippen molar-refractivity contribution in [1.29, 1.82) is 0 Å². The Balaban J connectivity index is 1.90. The van der Waals surface area contributed by atoms with Crippen molar-refractivity contribution >= 4 is 11.9 Å². The van der Waals surface area contributed by atoms with Crippen LogP contribution in [0.4, 0.5) is 0 Å². The monoisotopic (exact) mass is 199 g/mol. The number of rotatable bonds is 1. The van der Waals surface area contributed by atoms with E-state index in [-0.39, 0.29) is 30.8 Å². The summed E-state index contributed by atoms with van der Waals surface area (Å²) in [5, 5.41) is 0. The summed E-state index contributed by atoms with van der Waals surface area (Å²) in [6.45, 7) is 2.68. The lowest BCUT2D eigenvalue weighted by molar-refractivity contribution is -0.139. The zero-order valence-corrected chi connectivity index (χ0v) is 7.90. The molecule has 0 unspecified atom stereocenters. The van der Waals surface area contributed by atoms with E-state index < -0.39 is 0 Å². The summed E-state index contributed by atoms with van der Waals surface area (Å²) in [5.41, 5.74) is 0. The van der Waals surface area contributed by atoms with E-state index in [1.165, 1.54) is 0 Å². The Kier molecular flexibility index (Phi) is 2.67. The van der Waals surface area contributed by atoms with E-state index in [0.29, 0.717) is 26.3 Å². The van der Waals surface area contributed by atoms with Crippen LogP contribution in [0.25, 0.3) is 0 Å². The number of hydrogen-bond acceptors (Lipinski definition) is 4. The third-order valence-electron chi connectivity index (χ3n) is 2.53. The van der Waals surface area contributed by atoms with Gasteiger partial charge in [-0.15, -0.1) is 0 Å².